The Labute approximate surface area is 180 Å². The molecule has 0 aliphatic carbocycles. The van der Waals surface area contributed by atoms with E-state index in [4.69, 9.17) is 9.73 Å². The number of hydrogen-bond donors (Lipinski definition) is 2. The van der Waals surface area contributed by atoms with Crippen molar-refractivity contribution in [2.45, 2.75) is 53.2 Å². The first kappa shape index (κ1) is 23.7. The number of carbonyl (C=O) groups excluding carboxylic acids is 1. The normalized spacial score (nSPS) is 16.4. The number of anilines is 1. The molecule has 1 aromatic rings. The molecule has 2 N–H and O–H groups in total. The fourth-order valence-electron chi connectivity index (χ4n) is 3.07. The molecule has 1 aliphatic heterocycles. The van der Waals surface area contributed by atoms with E-state index in [9.17, 15) is 4.79 Å². The molecule has 1 saturated heterocycles. The summed E-state index contributed by atoms with van der Waals surface area (Å²) in [5.41, 5.74) is -0.522. The van der Waals surface area contributed by atoms with Crippen molar-refractivity contribution in [3.8, 4) is 0 Å². The number of alkyl carbamates (subject to hydrolysis) is 1. The number of rotatable bonds is 6. The van der Waals surface area contributed by atoms with Gasteiger partial charge in [0, 0.05) is 45.1 Å². The molecule has 1 aliphatic rings. The summed E-state index contributed by atoms with van der Waals surface area (Å²) in [5, 5.41) is 6.34. The Balaban J connectivity index is 1.97. The van der Waals surface area contributed by atoms with Gasteiger partial charge in [-0.3, -0.25) is 4.99 Å². The first-order valence-corrected chi connectivity index (χ1v) is 10.7. The molecule has 30 heavy (non-hydrogen) atoms. The number of ether oxygens (including phenoxy) is 1. The number of guanidine groups is 1. The van der Waals surface area contributed by atoms with Crippen LogP contribution in [0.1, 0.15) is 41.5 Å². The molecule has 2 heterocycles. The van der Waals surface area contributed by atoms with Crippen molar-refractivity contribution in [1.29, 1.82) is 0 Å². The van der Waals surface area contributed by atoms with Crippen LogP contribution in [-0.2, 0) is 4.74 Å². The van der Waals surface area contributed by atoms with Gasteiger partial charge in [-0.15, -0.1) is 0 Å². The Kier molecular flexibility index (Phi) is 8.68. The van der Waals surface area contributed by atoms with E-state index in [1.165, 1.54) is 0 Å². The predicted octanol–water partition coefficient (Wildman–Crippen LogP) is 2.11. The number of hydrogen-bond acceptors (Lipinski definition) is 6. The molecule has 1 atom stereocenters. The maximum absolute atomic E-state index is 12.2. The second-order valence-electron chi connectivity index (χ2n) is 8.71. The summed E-state index contributed by atoms with van der Waals surface area (Å²) < 4.78 is 5.40. The lowest BCUT2D eigenvalue weighted by Gasteiger charge is -2.36. The second-order valence-corrected chi connectivity index (χ2v) is 8.71. The number of aromatic nitrogens is 2. The van der Waals surface area contributed by atoms with Crippen molar-refractivity contribution < 1.29 is 9.53 Å². The number of carbonyl (C=O) groups is 1. The minimum atomic E-state index is -0.522. The topological polar surface area (TPSA) is 95.0 Å². The molecular weight excluding hydrogens is 382 g/mol. The van der Waals surface area contributed by atoms with Gasteiger partial charge in [-0.1, -0.05) is 13.8 Å². The summed E-state index contributed by atoms with van der Waals surface area (Å²) in [4.78, 5) is 30.1. The molecule has 1 unspecified atom stereocenters. The van der Waals surface area contributed by atoms with Gasteiger partial charge in [0.1, 0.15) is 5.60 Å². The summed E-state index contributed by atoms with van der Waals surface area (Å²) in [6.45, 7) is 16.4. The minimum Gasteiger partial charge on any atom is -0.444 e. The van der Waals surface area contributed by atoms with Crippen molar-refractivity contribution in [1.82, 2.24) is 25.5 Å². The first-order chi connectivity index (χ1) is 14.2. The number of amides is 1. The van der Waals surface area contributed by atoms with E-state index in [1.807, 2.05) is 26.8 Å². The third-order valence-corrected chi connectivity index (χ3v) is 4.69. The standard InChI is InChI=1S/C21H37N7O2/c1-7-22-18(25-15-17(16(2)3)26-20(29)30-21(4,5)6)27-11-13-28(14-12-27)19-23-9-8-10-24-19/h8-10,16-17H,7,11-15H2,1-6H3,(H,22,25)(H,26,29). The molecule has 0 aromatic carbocycles. The van der Waals surface area contributed by atoms with Crippen LogP contribution in [0.5, 0.6) is 0 Å². The maximum atomic E-state index is 12.2. The number of nitrogens with zero attached hydrogens (tertiary/aromatic N) is 5. The van der Waals surface area contributed by atoms with Gasteiger partial charge < -0.3 is 25.2 Å². The van der Waals surface area contributed by atoms with Crippen LogP contribution in [0.25, 0.3) is 0 Å². The fraction of sp³-hybridized carbons (Fsp3) is 0.714. The van der Waals surface area contributed by atoms with Crippen molar-refractivity contribution in [2.24, 2.45) is 10.9 Å². The highest BCUT2D eigenvalue weighted by Gasteiger charge is 2.24. The van der Waals surface area contributed by atoms with Crippen LogP contribution >= 0.6 is 0 Å². The van der Waals surface area contributed by atoms with Crippen molar-refractivity contribution in [2.75, 3.05) is 44.2 Å². The average molecular weight is 420 g/mol. The highest BCUT2D eigenvalue weighted by atomic mass is 16.6. The Morgan fingerprint density at radius 2 is 1.83 bits per heavy atom. The quantitative estimate of drug-likeness (QED) is 0.539. The van der Waals surface area contributed by atoms with E-state index in [-0.39, 0.29) is 12.0 Å². The molecule has 0 radical (unpaired) electrons. The zero-order valence-corrected chi connectivity index (χ0v) is 19.2. The van der Waals surface area contributed by atoms with E-state index < -0.39 is 11.7 Å². The Morgan fingerprint density at radius 1 is 1.20 bits per heavy atom. The first-order valence-electron chi connectivity index (χ1n) is 10.7. The Morgan fingerprint density at radius 3 is 2.37 bits per heavy atom. The van der Waals surface area contributed by atoms with Gasteiger partial charge in [0.25, 0.3) is 0 Å². The van der Waals surface area contributed by atoms with Crippen LogP contribution < -0.4 is 15.5 Å². The third-order valence-electron chi connectivity index (χ3n) is 4.69. The zero-order valence-electron chi connectivity index (χ0n) is 19.2. The number of piperazine rings is 1. The van der Waals surface area contributed by atoms with E-state index >= 15 is 0 Å². The predicted molar refractivity (Wildman–Crippen MR) is 120 cm³/mol. The van der Waals surface area contributed by atoms with Gasteiger partial charge in [0.05, 0.1) is 12.6 Å². The maximum Gasteiger partial charge on any atom is 0.407 e. The molecule has 0 bridgehead atoms. The van der Waals surface area contributed by atoms with Crippen molar-refractivity contribution >= 4 is 18.0 Å². The molecule has 1 aromatic heterocycles. The van der Waals surface area contributed by atoms with Crippen LogP contribution in [0, 0.1) is 5.92 Å². The zero-order chi connectivity index (χ0) is 22.1. The fourth-order valence-corrected chi connectivity index (χ4v) is 3.07. The smallest absolute Gasteiger partial charge is 0.407 e. The summed E-state index contributed by atoms with van der Waals surface area (Å²) >= 11 is 0. The van der Waals surface area contributed by atoms with Crippen LogP contribution in [-0.4, -0.2) is 77.8 Å². The summed E-state index contributed by atoms with van der Waals surface area (Å²) in [5.74, 6) is 1.86. The van der Waals surface area contributed by atoms with E-state index in [0.29, 0.717) is 6.54 Å². The van der Waals surface area contributed by atoms with Crippen LogP contribution in [0.3, 0.4) is 0 Å². The number of aliphatic imine (C=N–C) groups is 1. The Bertz CT molecular complexity index is 680. The SMILES string of the molecule is CCNC(=NCC(NC(=O)OC(C)(C)C)C(C)C)N1CCN(c2ncccn2)CC1. The average Bonchev–Trinajstić information content (AvgIpc) is 2.69. The van der Waals surface area contributed by atoms with Gasteiger partial charge in [-0.05, 0) is 39.7 Å². The molecule has 168 valence electrons. The monoisotopic (exact) mass is 419 g/mol. The van der Waals surface area contributed by atoms with Crippen LogP contribution in [0.2, 0.25) is 0 Å². The molecule has 9 heteroatoms. The molecule has 1 fully saturated rings. The lowest BCUT2D eigenvalue weighted by molar-refractivity contribution is 0.0493. The molecular formula is C21H37N7O2. The van der Waals surface area contributed by atoms with Gasteiger partial charge in [0.2, 0.25) is 5.95 Å². The Hall–Kier alpha value is -2.58. The van der Waals surface area contributed by atoms with E-state index in [0.717, 1.165) is 44.6 Å². The minimum absolute atomic E-state index is 0.104. The molecule has 9 nitrogen and oxygen atoms in total. The molecule has 0 saturated carbocycles. The van der Waals surface area contributed by atoms with Gasteiger partial charge in [-0.2, -0.15) is 0 Å². The summed E-state index contributed by atoms with van der Waals surface area (Å²) in [6.07, 6.45) is 3.13. The summed E-state index contributed by atoms with van der Waals surface area (Å²) in [6, 6.07) is 1.72. The van der Waals surface area contributed by atoms with Crippen molar-refractivity contribution in [3.05, 3.63) is 18.5 Å². The van der Waals surface area contributed by atoms with Gasteiger partial charge in [0.15, 0.2) is 5.96 Å². The second kappa shape index (κ2) is 11.0. The van der Waals surface area contributed by atoms with Gasteiger partial charge >= 0.3 is 6.09 Å². The third kappa shape index (κ3) is 7.68. The largest absolute Gasteiger partial charge is 0.444 e. The van der Waals surface area contributed by atoms with Crippen molar-refractivity contribution in [3.63, 3.8) is 0 Å². The van der Waals surface area contributed by atoms with E-state index in [1.54, 1.807) is 12.4 Å². The van der Waals surface area contributed by atoms with Gasteiger partial charge in [-0.25, -0.2) is 14.8 Å². The molecule has 0 spiro atoms. The number of nitrogens with one attached hydrogen (secondary N) is 2. The van der Waals surface area contributed by atoms with E-state index in [2.05, 4.69) is 51.2 Å². The van der Waals surface area contributed by atoms with Crippen LogP contribution in [0.4, 0.5) is 10.7 Å². The summed E-state index contributed by atoms with van der Waals surface area (Å²) in [7, 11) is 0. The molecule has 1 amide bonds. The molecule has 2 rings (SSSR count). The van der Waals surface area contributed by atoms with Crippen LogP contribution in [0.15, 0.2) is 23.5 Å². The lowest BCUT2D eigenvalue weighted by Crippen LogP contribution is -2.53. The lowest BCUT2D eigenvalue weighted by atomic mass is 10.1. The highest BCUT2D eigenvalue weighted by molar-refractivity contribution is 5.80. The highest BCUT2D eigenvalue weighted by Crippen LogP contribution is 2.11.